The van der Waals surface area contributed by atoms with E-state index in [1.165, 1.54) is 5.56 Å². The molecular formula is C14H16N2O. The quantitative estimate of drug-likeness (QED) is 0.854. The Balaban J connectivity index is 1.90. The number of anilines is 1. The first-order valence-corrected chi connectivity index (χ1v) is 5.66. The van der Waals surface area contributed by atoms with Crippen LogP contribution in [0.3, 0.4) is 0 Å². The fraction of sp³-hybridized carbons (Fsp3) is 0.214. The molecule has 0 spiro atoms. The third-order valence-electron chi connectivity index (χ3n) is 2.60. The van der Waals surface area contributed by atoms with Gasteiger partial charge in [-0.05, 0) is 30.2 Å². The standard InChI is InChI=1S/C14H16N2O/c1-17-14-5-3-2-4-12(14)6-11-16-13-7-9-15-10-8-13/h2-5,7-10H,6,11H2,1H3,(H,15,16). The van der Waals surface area contributed by atoms with Gasteiger partial charge < -0.3 is 10.1 Å². The SMILES string of the molecule is COc1ccccc1CCNc1ccncc1. The number of nitrogens with zero attached hydrogens (tertiary/aromatic N) is 1. The molecule has 0 amide bonds. The zero-order valence-electron chi connectivity index (χ0n) is 9.89. The Morgan fingerprint density at radius 3 is 2.65 bits per heavy atom. The van der Waals surface area contributed by atoms with Crippen LogP contribution in [0.5, 0.6) is 5.75 Å². The summed E-state index contributed by atoms with van der Waals surface area (Å²) in [5, 5.41) is 3.35. The Bertz CT molecular complexity index is 457. The average molecular weight is 228 g/mol. The molecule has 0 radical (unpaired) electrons. The third-order valence-corrected chi connectivity index (χ3v) is 2.60. The van der Waals surface area contributed by atoms with Crippen LogP contribution in [0.4, 0.5) is 5.69 Å². The van der Waals surface area contributed by atoms with E-state index in [9.17, 15) is 0 Å². The Labute approximate surface area is 101 Å². The third kappa shape index (κ3) is 3.21. The second-order valence-corrected chi connectivity index (χ2v) is 3.72. The number of methoxy groups -OCH3 is 1. The highest BCUT2D eigenvalue weighted by atomic mass is 16.5. The van der Waals surface area contributed by atoms with Gasteiger partial charge in [-0.3, -0.25) is 4.98 Å². The molecule has 1 N–H and O–H groups in total. The van der Waals surface area contributed by atoms with Gasteiger partial charge in [0.05, 0.1) is 7.11 Å². The number of aromatic nitrogens is 1. The number of rotatable bonds is 5. The van der Waals surface area contributed by atoms with E-state index >= 15 is 0 Å². The predicted molar refractivity (Wildman–Crippen MR) is 69.4 cm³/mol. The van der Waals surface area contributed by atoms with E-state index in [1.807, 2.05) is 30.3 Å². The first kappa shape index (κ1) is 11.5. The molecular weight excluding hydrogens is 212 g/mol. The lowest BCUT2D eigenvalue weighted by Gasteiger charge is -2.09. The second kappa shape index (κ2) is 5.89. The zero-order chi connectivity index (χ0) is 11.9. The Morgan fingerprint density at radius 1 is 1.12 bits per heavy atom. The van der Waals surface area contributed by atoms with Crippen molar-refractivity contribution in [3.8, 4) is 5.75 Å². The summed E-state index contributed by atoms with van der Waals surface area (Å²) in [5.74, 6) is 0.948. The fourth-order valence-corrected chi connectivity index (χ4v) is 1.72. The number of nitrogens with one attached hydrogen (secondary N) is 1. The number of pyridine rings is 1. The minimum Gasteiger partial charge on any atom is -0.496 e. The largest absolute Gasteiger partial charge is 0.496 e. The molecule has 0 aliphatic rings. The van der Waals surface area contributed by atoms with Crippen LogP contribution in [0.15, 0.2) is 48.8 Å². The lowest BCUT2D eigenvalue weighted by Crippen LogP contribution is -2.05. The number of hydrogen-bond acceptors (Lipinski definition) is 3. The molecule has 2 aromatic rings. The van der Waals surface area contributed by atoms with Crippen LogP contribution in [0, 0.1) is 0 Å². The number of ether oxygens (including phenoxy) is 1. The van der Waals surface area contributed by atoms with Gasteiger partial charge in [0.25, 0.3) is 0 Å². The van der Waals surface area contributed by atoms with Gasteiger partial charge in [-0.25, -0.2) is 0 Å². The van der Waals surface area contributed by atoms with Gasteiger partial charge in [0.2, 0.25) is 0 Å². The van der Waals surface area contributed by atoms with E-state index in [-0.39, 0.29) is 0 Å². The predicted octanol–water partition coefficient (Wildman–Crippen LogP) is 2.74. The molecule has 17 heavy (non-hydrogen) atoms. The van der Waals surface area contributed by atoms with Gasteiger partial charge in [-0.1, -0.05) is 18.2 Å². The first-order chi connectivity index (χ1) is 8.40. The summed E-state index contributed by atoms with van der Waals surface area (Å²) >= 11 is 0. The number of hydrogen-bond donors (Lipinski definition) is 1. The number of para-hydroxylation sites is 1. The van der Waals surface area contributed by atoms with Gasteiger partial charge in [-0.15, -0.1) is 0 Å². The Hall–Kier alpha value is -2.03. The molecule has 0 saturated heterocycles. The maximum Gasteiger partial charge on any atom is 0.122 e. The first-order valence-electron chi connectivity index (χ1n) is 5.66. The minimum absolute atomic E-state index is 0.879. The Kier molecular flexibility index (Phi) is 3.97. The minimum atomic E-state index is 0.879. The lowest BCUT2D eigenvalue weighted by molar-refractivity contribution is 0.410. The summed E-state index contributed by atoms with van der Waals surface area (Å²) in [6, 6.07) is 12.0. The smallest absolute Gasteiger partial charge is 0.122 e. The van der Waals surface area contributed by atoms with E-state index in [0.717, 1.165) is 24.4 Å². The van der Waals surface area contributed by atoms with Crippen LogP contribution < -0.4 is 10.1 Å². The highest BCUT2D eigenvalue weighted by molar-refractivity contribution is 5.41. The van der Waals surface area contributed by atoms with Crippen LogP contribution in [0.2, 0.25) is 0 Å². The van der Waals surface area contributed by atoms with Gasteiger partial charge in [0, 0.05) is 24.6 Å². The molecule has 88 valence electrons. The lowest BCUT2D eigenvalue weighted by atomic mass is 10.1. The summed E-state index contributed by atoms with van der Waals surface area (Å²) in [7, 11) is 1.70. The molecule has 1 heterocycles. The van der Waals surface area contributed by atoms with Crippen molar-refractivity contribution in [2.24, 2.45) is 0 Å². The molecule has 0 aliphatic heterocycles. The fourth-order valence-electron chi connectivity index (χ4n) is 1.72. The second-order valence-electron chi connectivity index (χ2n) is 3.72. The van der Waals surface area contributed by atoms with Gasteiger partial charge in [0.1, 0.15) is 5.75 Å². The van der Waals surface area contributed by atoms with Crippen LogP contribution in [0.1, 0.15) is 5.56 Å². The van der Waals surface area contributed by atoms with Crippen molar-refractivity contribution >= 4 is 5.69 Å². The molecule has 1 aromatic heterocycles. The number of benzene rings is 1. The molecule has 2 rings (SSSR count). The molecule has 1 aromatic carbocycles. The topological polar surface area (TPSA) is 34.1 Å². The van der Waals surface area contributed by atoms with Crippen molar-refractivity contribution in [2.75, 3.05) is 19.0 Å². The average Bonchev–Trinajstić information content (AvgIpc) is 2.40. The van der Waals surface area contributed by atoms with Gasteiger partial charge in [-0.2, -0.15) is 0 Å². The molecule has 3 heteroatoms. The van der Waals surface area contributed by atoms with Gasteiger partial charge in [0.15, 0.2) is 0 Å². The monoisotopic (exact) mass is 228 g/mol. The van der Waals surface area contributed by atoms with Crippen LogP contribution in [-0.4, -0.2) is 18.6 Å². The van der Waals surface area contributed by atoms with E-state index in [0.29, 0.717) is 0 Å². The van der Waals surface area contributed by atoms with Gasteiger partial charge >= 0.3 is 0 Å². The van der Waals surface area contributed by atoms with E-state index in [4.69, 9.17) is 4.74 Å². The van der Waals surface area contributed by atoms with E-state index in [2.05, 4.69) is 16.4 Å². The van der Waals surface area contributed by atoms with Crippen LogP contribution in [-0.2, 0) is 6.42 Å². The summed E-state index contributed by atoms with van der Waals surface area (Å²) in [6.45, 7) is 0.879. The molecule has 0 saturated carbocycles. The molecule has 0 unspecified atom stereocenters. The highest BCUT2D eigenvalue weighted by Crippen LogP contribution is 2.17. The summed E-state index contributed by atoms with van der Waals surface area (Å²) in [5.41, 5.74) is 2.31. The van der Waals surface area contributed by atoms with Crippen LogP contribution >= 0.6 is 0 Å². The van der Waals surface area contributed by atoms with Crippen molar-refractivity contribution in [1.82, 2.24) is 4.98 Å². The van der Waals surface area contributed by atoms with E-state index < -0.39 is 0 Å². The van der Waals surface area contributed by atoms with E-state index in [1.54, 1.807) is 19.5 Å². The summed E-state index contributed by atoms with van der Waals surface area (Å²) in [6.07, 6.45) is 4.50. The van der Waals surface area contributed by atoms with Crippen molar-refractivity contribution in [3.05, 3.63) is 54.4 Å². The zero-order valence-corrected chi connectivity index (χ0v) is 9.89. The maximum atomic E-state index is 5.31. The van der Waals surface area contributed by atoms with Crippen LogP contribution in [0.25, 0.3) is 0 Å². The molecule has 0 atom stereocenters. The van der Waals surface area contributed by atoms with Crippen molar-refractivity contribution in [2.45, 2.75) is 6.42 Å². The molecule has 0 bridgehead atoms. The summed E-state index contributed by atoms with van der Waals surface area (Å²) in [4.78, 5) is 3.98. The Morgan fingerprint density at radius 2 is 1.88 bits per heavy atom. The maximum absolute atomic E-state index is 5.31. The highest BCUT2D eigenvalue weighted by Gasteiger charge is 2.00. The molecule has 3 nitrogen and oxygen atoms in total. The normalized spacial score (nSPS) is 9.94. The summed E-state index contributed by atoms with van der Waals surface area (Å²) < 4.78 is 5.31. The van der Waals surface area contributed by atoms with Crippen molar-refractivity contribution < 1.29 is 4.74 Å². The van der Waals surface area contributed by atoms with Crippen molar-refractivity contribution in [3.63, 3.8) is 0 Å². The molecule has 0 aliphatic carbocycles. The van der Waals surface area contributed by atoms with Crippen molar-refractivity contribution in [1.29, 1.82) is 0 Å². The molecule has 0 fully saturated rings.